The van der Waals surface area contributed by atoms with E-state index in [2.05, 4.69) is 5.32 Å². The molecule has 0 aliphatic carbocycles. The van der Waals surface area contributed by atoms with Gasteiger partial charge in [0.2, 0.25) is 0 Å². The molecule has 1 amide bonds. The maximum Gasteiger partial charge on any atom is 0.346 e. The molecule has 1 saturated heterocycles. The number of carboxylic acids is 1. The molecule has 2 rings (SSSR count). The molecule has 1 aliphatic heterocycles. The van der Waals surface area contributed by atoms with Crippen LogP contribution in [0, 0.1) is 6.92 Å². The zero-order valence-corrected chi connectivity index (χ0v) is 10.9. The Morgan fingerprint density at radius 2 is 2.28 bits per heavy atom. The van der Waals surface area contributed by atoms with E-state index in [1.165, 1.54) is 0 Å². The SMILES string of the molecule is Cc1cc(NC(=O)C2CCCCO2)sc1C(=O)O. The van der Waals surface area contributed by atoms with Crippen molar-refractivity contribution in [2.45, 2.75) is 32.3 Å². The number of nitrogens with one attached hydrogen (secondary N) is 1. The molecular weight excluding hydrogens is 254 g/mol. The lowest BCUT2D eigenvalue weighted by molar-refractivity contribution is -0.129. The third kappa shape index (κ3) is 2.88. The molecule has 1 aromatic rings. The number of thiophene rings is 1. The van der Waals surface area contributed by atoms with Gasteiger partial charge in [-0.05, 0) is 37.8 Å². The first-order valence-electron chi connectivity index (χ1n) is 5.84. The lowest BCUT2D eigenvalue weighted by atomic mass is 10.1. The fraction of sp³-hybridized carbons (Fsp3) is 0.500. The first-order valence-corrected chi connectivity index (χ1v) is 6.66. The molecular formula is C12H15NO4S. The van der Waals surface area contributed by atoms with Crippen molar-refractivity contribution >= 4 is 28.2 Å². The van der Waals surface area contributed by atoms with E-state index >= 15 is 0 Å². The average molecular weight is 269 g/mol. The topological polar surface area (TPSA) is 75.6 Å². The molecule has 0 saturated carbocycles. The monoisotopic (exact) mass is 269 g/mol. The molecule has 0 spiro atoms. The van der Waals surface area contributed by atoms with Gasteiger partial charge in [0, 0.05) is 6.61 Å². The normalized spacial score (nSPS) is 19.5. The first kappa shape index (κ1) is 13.0. The molecule has 98 valence electrons. The molecule has 0 aromatic carbocycles. The van der Waals surface area contributed by atoms with Crippen LogP contribution in [0.25, 0.3) is 0 Å². The Kier molecular flexibility index (Phi) is 3.98. The van der Waals surface area contributed by atoms with Gasteiger partial charge in [0.15, 0.2) is 0 Å². The van der Waals surface area contributed by atoms with E-state index in [0.717, 1.165) is 30.6 Å². The van der Waals surface area contributed by atoms with Gasteiger partial charge < -0.3 is 15.2 Å². The van der Waals surface area contributed by atoms with Crippen LogP contribution >= 0.6 is 11.3 Å². The van der Waals surface area contributed by atoms with Crippen molar-refractivity contribution in [1.29, 1.82) is 0 Å². The van der Waals surface area contributed by atoms with Gasteiger partial charge in [0.05, 0.1) is 5.00 Å². The fourth-order valence-corrected chi connectivity index (χ4v) is 2.82. The Hall–Kier alpha value is -1.40. The van der Waals surface area contributed by atoms with Gasteiger partial charge in [-0.2, -0.15) is 0 Å². The number of carboxylic acid groups (broad SMARTS) is 1. The van der Waals surface area contributed by atoms with Crippen LogP contribution in [0.1, 0.15) is 34.5 Å². The minimum Gasteiger partial charge on any atom is -0.477 e. The van der Waals surface area contributed by atoms with Crippen molar-refractivity contribution in [3.8, 4) is 0 Å². The zero-order valence-electron chi connectivity index (χ0n) is 10.1. The molecule has 5 nitrogen and oxygen atoms in total. The number of ether oxygens (including phenoxy) is 1. The number of aromatic carboxylic acids is 1. The molecule has 6 heteroatoms. The highest BCUT2D eigenvalue weighted by Crippen LogP contribution is 2.27. The largest absolute Gasteiger partial charge is 0.477 e. The summed E-state index contributed by atoms with van der Waals surface area (Å²) in [6.45, 7) is 2.33. The summed E-state index contributed by atoms with van der Waals surface area (Å²) in [5, 5.41) is 12.2. The molecule has 2 N–H and O–H groups in total. The van der Waals surface area contributed by atoms with Crippen LogP contribution < -0.4 is 5.32 Å². The number of rotatable bonds is 3. The fourth-order valence-electron chi connectivity index (χ4n) is 1.91. The van der Waals surface area contributed by atoms with Crippen molar-refractivity contribution in [1.82, 2.24) is 0 Å². The minimum atomic E-state index is -0.966. The van der Waals surface area contributed by atoms with E-state index in [0.29, 0.717) is 17.2 Å². The number of aryl methyl sites for hydroxylation is 1. The Labute approximate surface area is 109 Å². The van der Waals surface area contributed by atoms with Crippen LogP contribution in [-0.2, 0) is 9.53 Å². The Morgan fingerprint density at radius 1 is 1.50 bits per heavy atom. The summed E-state index contributed by atoms with van der Waals surface area (Å²) in [4.78, 5) is 23.0. The van der Waals surface area contributed by atoms with E-state index < -0.39 is 12.1 Å². The predicted octanol–water partition coefficient (Wildman–Crippen LogP) is 2.26. The lowest BCUT2D eigenvalue weighted by Crippen LogP contribution is -2.32. The van der Waals surface area contributed by atoms with Crippen LogP contribution in [0.4, 0.5) is 5.00 Å². The standard InChI is InChI=1S/C12H15NO4S/c1-7-6-9(18-10(7)12(15)16)13-11(14)8-4-2-3-5-17-8/h6,8H,2-5H2,1H3,(H,13,14)(H,15,16). The highest BCUT2D eigenvalue weighted by atomic mass is 32.1. The summed E-state index contributed by atoms with van der Waals surface area (Å²) in [5.41, 5.74) is 0.660. The molecule has 2 heterocycles. The molecule has 18 heavy (non-hydrogen) atoms. The first-order chi connectivity index (χ1) is 8.58. The van der Waals surface area contributed by atoms with Crippen LogP contribution in [0.15, 0.2) is 6.07 Å². The quantitative estimate of drug-likeness (QED) is 0.882. The maximum absolute atomic E-state index is 11.9. The van der Waals surface area contributed by atoms with Crippen LogP contribution in [0.2, 0.25) is 0 Å². The number of carbonyl (C=O) groups is 2. The summed E-state index contributed by atoms with van der Waals surface area (Å²) >= 11 is 1.07. The maximum atomic E-state index is 11.9. The second-order valence-electron chi connectivity index (χ2n) is 4.27. The van der Waals surface area contributed by atoms with Gasteiger partial charge in [-0.3, -0.25) is 4.79 Å². The molecule has 1 atom stereocenters. The summed E-state index contributed by atoms with van der Waals surface area (Å²) in [5.74, 6) is -1.15. The molecule has 1 fully saturated rings. The van der Waals surface area contributed by atoms with Crippen LogP contribution in [0.3, 0.4) is 0 Å². The molecule has 0 bridgehead atoms. The van der Waals surface area contributed by atoms with E-state index in [-0.39, 0.29) is 10.8 Å². The van der Waals surface area contributed by atoms with Crippen molar-refractivity contribution in [2.24, 2.45) is 0 Å². The second kappa shape index (κ2) is 5.49. The Morgan fingerprint density at radius 3 is 2.83 bits per heavy atom. The Balaban J connectivity index is 2.02. The van der Waals surface area contributed by atoms with Gasteiger partial charge in [0.1, 0.15) is 11.0 Å². The van der Waals surface area contributed by atoms with E-state index in [9.17, 15) is 9.59 Å². The smallest absolute Gasteiger partial charge is 0.346 e. The van der Waals surface area contributed by atoms with Gasteiger partial charge >= 0.3 is 5.97 Å². The van der Waals surface area contributed by atoms with Gasteiger partial charge in [-0.15, -0.1) is 11.3 Å². The van der Waals surface area contributed by atoms with Crippen molar-refractivity contribution in [3.63, 3.8) is 0 Å². The number of carbonyl (C=O) groups excluding carboxylic acids is 1. The van der Waals surface area contributed by atoms with Crippen molar-refractivity contribution < 1.29 is 19.4 Å². The van der Waals surface area contributed by atoms with Crippen molar-refractivity contribution in [3.05, 3.63) is 16.5 Å². The molecule has 0 radical (unpaired) electrons. The predicted molar refractivity (Wildman–Crippen MR) is 68.2 cm³/mol. The van der Waals surface area contributed by atoms with Gasteiger partial charge in [0.25, 0.3) is 5.91 Å². The highest BCUT2D eigenvalue weighted by Gasteiger charge is 2.23. The second-order valence-corrected chi connectivity index (χ2v) is 5.32. The molecule has 1 aromatic heterocycles. The molecule has 1 aliphatic rings. The van der Waals surface area contributed by atoms with Crippen molar-refractivity contribution in [2.75, 3.05) is 11.9 Å². The minimum absolute atomic E-state index is 0.187. The van der Waals surface area contributed by atoms with Crippen LogP contribution in [-0.4, -0.2) is 29.7 Å². The molecule has 1 unspecified atom stereocenters. The number of hydrogen-bond donors (Lipinski definition) is 2. The van der Waals surface area contributed by atoms with Crippen LogP contribution in [0.5, 0.6) is 0 Å². The summed E-state index contributed by atoms with van der Waals surface area (Å²) in [7, 11) is 0. The van der Waals surface area contributed by atoms with E-state index in [4.69, 9.17) is 9.84 Å². The van der Waals surface area contributed by atoms with Gasteiger partial charge in [-0.25, -0.2) is 4.79 Å². The average Bonchev–Trinajstić information content (AvgIpc) is 2.71. The van der Waals surface area contributed by atoms with Gasteiger partial charge in [-0.1, -0.05) is 0 Å². The summed E-state index contributed by atoms with van der Waals surface area (Å²) in [6, 6.07) is 1.68. The number of anilines is 1. The summed E-state index contributed by atoms with van der Waals surface area (Å²) in [6.07, 6.45) is 2.30. The summed E-state index contributed by atoms with van der Waals surface area (Å²) < 4.78 is 5.37. The third-order valence-corrected chi connectivity index (χ3v) is 3.97. The number of hydrogen-bond acceptors (Lipinski definition) is 4. The Bertz CT molecular complexity index is 463. The third-order valence-electron chi connectivity index (χ3n) is 2.83. The van der Waals surface area contributed by atoms with E-state index in [1.807, 2.05) is 0 Å². The highest BCUT2D eigenvalue weighted by molar-refractivity contribution is 7.18. The number of amides is 1. The lowest BCUT2D eigenvalue weighted by Gasteiger charge is -2.21. The zero-order chi connectivity index (χ0) is 13.1. The van der Waals surface area contributed by atoms with E-state index in [1.54, 1.807) is 13.0 Å².